The lowest BCUT2D eigenvalue weighted by atomic mass is 9.97. The lowest BCUT2D eigenvalue weighted by molar-refractivity contribution is -0.120. The van der Waals surface area contributed by atoms with Crippen molar-refractivity contribution in [2.75, 3.05) is 23.7 Å². The van der Waals surface area contributed by atoms with E-state index in [9.17, 15) is 13.2 Å². The standard InChI is InChI=1S/C25H28N4O3S/c1-19(20-6-3-2-4-7-20)27-22-9-11-23(12-10-22)28-25(30)21-13-16-29(17-14-21)33(31,32)24-8-5-15-26-18-24/h2-12,15,18-19,21,27H,13-14,16-17H2,1H3,(H,28,30). The first-order valence-corrected chi connectivity index (χ1v) is 12.5. The Morgan fingerprint density at radius 1 is 0.970 bits per heavy atom. The third-order valence-corrected chi connectivity index (χ3v) is 7.81. The zero-order valence-electron chi connectivity index (χ0n) is 18.5. The van der Waals surface area contributed by atoms with Gasteiger partial charge in [0.05, 0.1) is 0 Å². The summed E-state index contributed by atoms with van der Waals surface area (Å²) in [5.41, 5.74) is 2.90. The van der Waals surface area contributed by atoms with Crippen molar-refractivity contribution in [1.82, 2.24) is 9.29 Å². The van der Waals surface area contributed by atoms with Gasteiger partial charge in [0.2, 0.25) is 15.9 Å². The number of nitrogens with one attached hydrogen (secondary N) is 2. The van der Waals surface area contributed by atoms with Crippen LogP contribution in [0.4, 0.5) is 11.4 Å². The highest BCUT2D eigenvalue weighted by Gasteiger charge is 2.32. The molecule has 1 aliphatic rings. The Kier molecular flexibility index (Phi) is 7.05. The maximum Gasteiger partial charge on any atom is 0.244 e. The van der Waals surface area contributed by atoms with Crippen LogP contribution in [0.5, 0.6) is 0 Å². The highest BCUT2D eigenvalue weighted by Crippen LogP contribution is 2.25. The predicted molar refractivity (Wildman–Crippen MR) is 129 cm³/mol. The van der Waals surface area contributed by atoms with Crippen molar-refractivity contribution in [2.24, 2.45) is 5.92 Å². The van der Waals surface area contributed by atoms with Crippen molar-refractivity contribution in [3.05, 3.63) is 84.7 Å². The summed E-state index contributed by atoms with van der Waals surface area (Å²) in [5, 5.41) is 6.42. The van der Waals surface area contributed by atoms with Gasteiger partial charge >= 0.3 is 0 Å². The van der Waals surface area contributed by atoms with Crippen molar-refractivity contribution in [2.45, 2.75) is 30.7 Å². The molecule has 1 saturated heterocycles. The molecule has 1 aromatic heterocycles. The second-order valence-corrected chi connectivity index (χ2v) is 10.1. The number of amides is 1. The predicted octanol–water partition coefficient (Wildman–Crippen LogP) is 4.29. The quantitative estimate of drug-likeness (QED) is 0.544. The van der Waals surface area contributed by atoms with Gasteiger partial charge in [-0.15, -0.1) is 0 Å². The second-order valence-electron chi connectivity index (χ2n) is 8.21. The average molecular weight is 465 g/mol. The number of piperidine rings is 1. The molecule has 33 heavy (non-hydrogen) atoms. The molecule has 2 N–H and O–H groups in total. The number of pyridine rings is 1. The van der Waals surface area contributed by atoms with E-state index in [1.807, 2.05) is 42.5 Å². The molecule has 2 heterocycles. The van der Waals surface area contributed by atoms with Crippen LogP contribution in [0.15, 0.2) is 84.0 Å². The third kappa shape index (κ3) is 5.58. The van der Waals surface area contributed by atoms with E-state index in [-0.39, 0.29) is 22.8 Å². The van der Waals surface area contributed by atoms with E-state index in [1.165, 1.54) is 16.1 Å². The number of sulfonamides is 1. The summed E-state index contributed by atoms with van der Waals surface area (Å²) in [6.07, 6.45) is 3.87. The van der Waals surface area contributed by atoms with Gasteiger partial charge < -0.3 is 10.6 Å². The summed E-state index contributed by atoms with van der Waals surface area (Å²) in [6.45, 7) is 2.73. The molecule has 172 valence electrons. The molecule has 0 radical (unpaired) electrons. The summed E-state index contributed by atoms with van der Waals surface area (Å²) in [6, 6.07) is 21.2. The largest absolute Gasteiger partial charge is 0.379 e. The summed E-state index contributed by atoms with van der Waals surface area (Å²) < 4.78 is 26.9. The number of rotatable bonds is 7. The molecule has 2 aromatic carbocycles. The Balaban J connectivity index is 1.29. The van der Waals surface area contributed by atoms with Gasteiger partial charge in [0.25, 0.3) is 0 Å². The normalized spacial score (nSPS) is 16.2. The summed E-state index contributed by atoms with van der Waals surface area (Å²) in [7, 11) is -3.57. The van der Waals surface area contributed by atoms with E-state index in [0.717, 1.165) is 11.4 Å². The molecular weight excluding hydrogens is 436 g/mol. The molecule has 0 saturated carbocycles. The Morgan fingerprint density at radius 3 is 2.27 bits per heavy atom. The van der Waals surface area contributed by atoms with Gasteiger partial charge in [-0.25, -0.2) is 8.42 Å². The van der Waals surface area contributed by atoms with E-state index < -0.39 is 10.0 Å². The van der Waals surface area contributed by atoms with Crippen LogP contribution >= 0.6 is 0 Å². The molecule has 1 atom stereocenters. The van der Waals surface area contributed by atoms with E-state index in [0.29, 0.717) is 25.9 Å². The molecular formula is C25H28N4O3S. The van der Waals surface area contributed by atoms with Gasteiger partial charge in [-0.1, -0.05) is 30.3 Å². The molecule has 0 spiro atoms. The van der Waals surface area contributed by atoms with Gasteiger partial charge in [0.15, 0.2) is 0 Å². The first-order chi connectivity index (χ1) is 15.9. The second kappa shape index (κ2) is 10.1. The first-order valence-electron chi connectivity index (χ1n) is 11.1. The van der Waals surface area contributed by atoms with Gasteiger partial charge in [-0.2, -0.15) is 4.31 Å². The minimum Gasteiger partial charge on any atom is -0.379 e. The Morgan fingerprint density at radius 2 is 1.64 bits per heavy atom. The molecule has 1 fully saturated rings. The molecule has 1 aliphatic heterocycles. The van der Waals surface area contributed by atoms with Crippen molar-refractivity contribution in [1.29, 1.82) is 0 Å². The molecule has 7 nitrogen and oxygen atoms in total. The molecule has 4 rings (SSSR count). The SMILES string of the molecule is CC(Nc1ccc(NC(=O)C2CCN(S(=O)(=O)c3cccnc3)CC2)cc1)c1ccccc1. The number of hydrogen-bond donors (Lipinski definition) is 2. The Hall–Kier alpha value is -3.23. The summed E-state index contributed by atoms with van der Waals surface area (Å²) in [5.74, 6) is -0.298. The zero-order valence-corrected chi connectivity index (χ0v) is 19.3. The fourth-order valence-electron chi connectivity index (χ4n) is 3.98. The minimum atomic E-state index is -3.57. The van der Waals surface area contributed by atoms with Gasteiger partial charge in [-0.05, 0) is 61.7 Å². The summed E-state index contributed by atoms with van der Waals surface area (Å²) in [4.78, 5) is 16.8. The summed E-state index contributed by atoms with van der Waals surface area (Å²) >= 11 is 0. The maximum atomic E-state index is 12.7. The highest BCUT2D eigenvalue weighted by molar-refractivity contribution is 7.89. The van der Waals surface area contributed by atoms with Crippen LogP contribution in [-0.4, -0.2) is 36.7 Å². The van der Waals surface area contributed by atoms with Crippen molar-refractivity contribution >= 4 is 27.3 Å². The Bertz CT molecular complexity index is 1160. The topological polar surface area (TPSA) is 91.4 Å². The van der Waals surface area contributed by atoms with Crippen molar-refractivity contribution in [3.63, 3.8) is 0 Å². The van der Waals surface area contributed by atoms with E-state index in [4.69, 9.17) is 0 Å². The van der Waals surface area contributed by atoms with Crippen LogP contribution in [0.2, 0.25) is 0 Å². The molecule has 0 aliphatic carbocycles. The Labute approximate surface area is 194 Å². The fraction of sp³-hybridized carbons (Fsp3) is 0.280. The first kappa shape index (κ1) is 22.9. The highest BCUT2D eigenvalue weighted by atomic mass is 32.2. The van der Waals surface area contributed by atoms with E-state index in [1.54, 1.807) is 18.3 Å². The van der Waals surface area contributed by atoms with Gasteiger partial charge in [0.1, 0.15) is 4.90 Å². The lowest BCUT2D eigenvalue weighted by Gasteiger charge is -2.30. The van der Waals surface area contributed by atoms with Crippen LogP contribution < -0.4 is 10.6 Å². The monoisotopic (exact) mass is 464 g/mol. The minimum absolute atomic E-state index is 0.0770. The van der Waals surface area contributed by atoms with Gasteiger partial charge in [0, 0.05) is 48.8 Å². The molecule has 0 bridgehead atoms. The van der Waals surface area contributed by atoms with Gasteiger partial charge in [-0.3, -0.25) is 9.78 Å². The number of carbonyl (C=O) groups excluding carboxylic acids is 1. The number of benzene rings is 2. The smallest absolute Gasteiger partial charge is 0.244 e. The number of hydrogen-bond acceptors (Lipinski definition) is 5. The van der Waals surface area contributed by atoms with Crippen molar-refractivity contribution < 1.29 is 13.2 Å². The van der Waals surface area contributed by atoms with Crippen LogP contribution in [0.3, 0.4) is 0 Å². The maximum absolute atomic E-state index is 12.7. The van der Waals surface area contributed by atoms with Crippen LogP contribution in [-0.2, 0) is 14.8 Å². The van der Waals surface area contributed by atoms with Crippen molar-refractivity contribution in [3.8, 4) is 0 Å². The fourth-order valence-corrected chi connectivity index (χ4v) is 5.41. The third-order valence-electron chi connectivity index (χ3n) is 5.93. The molecule has 8 heteroatoms. The zero-order chi connectivity index (χ0) is 23.3. The van der Waals surface area contributed by atoms with E-state index >= 15 is 0 Å². The molecule has 1 amide bonds. The molecule has 3 aromatic rings. The number of anilines is 2. The van der Waals surface area contributed by atoms with Crippen LogP contribution in [0, 0.1) is 5.92 Å². The van der Waals surface area contributed by atoms with Crippen LogP contribution in [0.25, 0.3) is 0 Å². The number of nitrogens with zero attached hydrogens (tertiary/aromatic N) is 2. The lowest BCUT2D eigenvalue weighted by Crippen LogP contribution is -2.41. The number of aromatic nitrogens is 1. The number of carbonyl (C=O) groups is 1. The van der Waals surface area contributed by atoms with E-state index in [2.05, 4.69) is 34.7 Å². The van der Waals surface area contributed by atoms with Crippen LogP contribution in [0.1, 0.15) is 31.4 Å². The molecule has 1 unspecified atom stereocenters. The average Bonchev–Trinajstić information content (AvgIpc) is 2.86.